The molecule has 6 nitrogen and oxygen atoms in total. The van der Waals surface area contributed by atoms with E-state index in [0.717, 1.165) is 25.3 Å². The maximum Gasteiger partial charge on any atom is 0.214 e. The van der Waals surface area contributed by atoms with E-state index in [0.29, 0.717) is 0 Å². The molecule has 2 aromatic carbocycles. The number of tetrazole rings is 1. The van der Waals surface area contributed by atoms with Crippen molar-refractivity contribution in [2.24, 2.45) is 0 Å². The predicted octanol–water partition coefficient (Wildman–Crippen LogP) is 2.22. The van der Waals surface area contributed by atoms with Crippen molar-refractivity contribution in [2.75, 3.05) is 25.5 Å². The average Bonchev–Trinajstić information content (AvgIpc) is 3.18. The Labute approximate surface area is 173 Å². The van der Waals surface area contributed by atoms with E-state index in [2.05, 4.69) is 104 Å². The van der Waals surface area contributed by atoms with Gasteiger partial charge in [0.25, 0.3) is 0 Å². The summed E-state index contributed by atoms with van der Waals surface area (Å²) in [5, 5.41) is 12.9. The molecule has 6 heteroatoms. The van der Waals surface area contributed by atoms with Crippen LogP contribution in [0.5, 0.6) is 0 Å². The molecular formula is C23H31N6+. The Morgan fingerprint density at radius 3 is 2.34 bits per heavy atom. The fourth-order valence-corrected chi connectivity index (χ4v) is 4.23. The second-order valence-corrected chi connectivity index (χ2v) is 9.14. The summed E-state index contributed by atoms with van der Waals surface area (Å²) in [4.78, 5) is 3.61. The molecule has 0 bridgehead atoms. The number of aromatic nitrogens is 4. The first-order valence-electron chi connectivity index (χ1n) is 10.3. The molecule has 0 saturated carbocycles. The van der Waals surface area contributed by atoms with Crippen molar-refractivity contribution in [1.82, 2.24) is 20.2 Å². The van der Waals surface area contributed by atoms with Crippen molar-refractivity contribution >= 4 is 5.69 Å². The van der Waals surface area contributed by atoms with Gasteiger partial charge in [-0.3, -0.25) is 0 Å². The number of quaternary nitrogens is 1. The zero-order valence-electron chi connectivity index (χ0n) is 18.1. The van der Waals surface area contributed by atoms with Crippen molar-refractivity contribution in [3.63, 3.8) is 0 Å². The summed E-state index contributed by atoms with van der Waals surface area (Å²) in [6, 6.07) is 17.7. The minimum absolute atomic E-state index is 0.0915. The number of fused-ring (bicyclic) bond motifs is 1. The van der Waals surface area contributed by atoms with E-state index >= 15 is 0 Å². The number of nitrogens with one attached hydrogen (secondary N) is 1. The molecule has 1 aliphatic rings. The summed E-state index contributed by atoms with van der Waals surface area (Å²) in [7, 11) is 4.14. The van der Waals surface area contributed by atoms with Gasteiger partial charge in [-0.15, -0.1) is 5.10 Å². The van der Waals surface area contributed by atoms with Gasteiger partial charge >= 0.3 is 0 Å². The number of hydrogen-bond acceptors (Lipinski definition) is 4. The largest absolute Gasteiger partial charge is 0.378 e. The van der Waals surface area contributed by atoms with Gasteiger partial charge in [-0.1, -0.05) is 36.4 Å². The topological polar surface area (TPSA) is 51.3 Å². The third-order valence-electron chi connectivity index (χ3n) is 5.79. The Hall–Kier alpha value is -2.73. The van der Waals surface area contributed by atoms with Gasteiger partial charge in [-0.2, -0.15) is 0 Å². The number of anilines is 1. The highest BCUT2D eigenvalue weighted by atomic mass is 15.6. The SMILES string of the molecule is CN(C)c1ccc([C@@H](c2nnnn2C(C)(C)C)[NH+]2CCc3ccccc3C2)cc1. The van der Waals surface area contributed by atoms with Crippen molar-refractivity contribution < 1.29 is 4.90 Å². The maximum absolute atomic E-state index is 4.52. The molecule has 1 N–H and O–H groups in total. The molecule has 2 atom stereocenters. The van der Waals surface area contributed by atoms with Gasteiger partial charge in [0, 0.05) is 37.3 Å². The second-order valence-electron chi connectivity index (χ2n) is 9.14. The average molecular weight is 392 g/mol. The highest BCUT2D eigenvalue weighted by Gasteiger charge is 2.36. The quantitative estimate of drug-likeness (QED) is 0.741. The predicted molar refractivity (Wildman–Crippen MR) is 115 cm³/mol. The molecule has 1 unspecified atom stereocenters. The van der Waals surface area contributed by atoms with Gasteiger partial charge in [0.2, 0.25) is 5.82 Å². The van der Waals surface area contributed by atoms with Gasteiger partial charge < -0.3 is 9.80 Å². The van der Waals surface area contributed by atoms with Crippen LogP contribution in [-0.4, -0.2) is 40.8 Å². The molecule has 3 aromatic rings. The molecule has 152 valence electrons. The lowest BCUT2D eigenvalue weighted by atomic mass is 9.95. The zero-order chi connectivity index (χ0) is 20.6. The second kappa shape index (κ2) is 7.59. The van der Waals surface area contributed by atoms with Gasteiger partial charge in [0.15, 0.2) is 6.04 Å². The fraction of sp³-hybridized carbons (Fsp3) is 0.435. The summed E-state index contributed by atoms with van der Waals surface area (Å²) in [5.41, 5.74) is 5.17. The lowest BCUT2D eigenvalue weighted by molar-refractivity contribution is -0.941. The number of rotatable bonds is 4. The Morgan fingerprint density at radius 1 is 1.00 bits per heavy atom. The first-order chi connectivity index (χ1) is 13.8. The molecule has 0 amide bonds. The van der Waals surface area contributed by atoms with E-state index < -0.39 is 0 Å². The van der Waals surface area contributed by atoms with Crippen LogP contribution < -0.4 is 9.80 Å². The normalized spacial score (nSPS) is 17.6. The molecule has 1 aliphatic heterocycles. The fourth-order valence-electron chi connectivity index (χ4n) is 4.23. The number of benzene rings is 2. The maximum atomic E-state index is 4.52. The van der Waals surface area contributed by atoms with Crippen molar-refractivity contribution in [1.29, 1.82) is 0 Å². The Balaban J connectivity index is 1.77. The van der Waals surface area contributed by atoms with E-state index in [1.807, 2.05) is 4.68 Å². The summed E-state index contributed by atoms with van der Waals surface area (Å²) in [5.74, 6) is 0.935. The molecule has 0 saturated heterocycles. The Morgan fingerprint density at radius 2 is 1.69 bits per heavy atom. The van der Waals surface area contributed by atoms with Crippen LogP contribution in [0.1, 0.15) is 49.3 Å². The molecule has 2 heterocycles. The summed E-state index contributed by atoms with van der Waals surface area (Å²) < 4.78 is 1.99. The van der Waals surface area contributed by atoms with Gasteiger partial charge in [0.05, 0.1) is 12.1 Å². The van der Waals surface area contributed by atoms with Gasteiger partial charge in [-0.05, 0) is 48.9 Å². The number of nitrogens with zero attached hydrogens (tertiary/aromatic N) is 5. The van der Waals surface area contributed by atoms with Crippen LogP contribution in [0.15, 0.2) is 48.5 Å². The molecule has 1 aromatic heterocycles. The van der Waals surface area contributed by atoms with Gasteiger partial charge in [0.1, 0.15) is 6.54 Å². The Kier molecular flexibility index (Phi) is 5.13. The van der Waals surface area contributed by atoms with E-state index in [-0.39, 0.29) is 11.6 Å². The van der Waals surface area contributed by atoms with Crippen LogP contribution >= 0.6 is 0 Å². The first kappa shape index (κ1) is 19.6. The summed E-state index contributed by atoms with van der Waals surface area (Å²) in [6.45, 7) is 8.50. The molecule has 0 radical (unpaired) electrons. The van der Waals surface area contributed by atoms with E-state index in [1.165, 1.54) is 27.3 Å². The standard InChI is InChI=1S/C23H30N6/c1-23(2,3)29-22(24-25-26-29)21(18-10-12-20(13-11-18)27(4)5)28-15-14-17-8-6-7-9-19(17)16-28/h6-13,21H,14-16H2,1-5H3/p+1/t21-/m0/s1. The summed E-state index contributed by atoms with van der Waals surface area (Å²) in [6.07, 6.45) is 1.08. The van der Waals surface area contributed by atoms with Crippen molar-refractivity contribution in [2.45, 2.75) is 45.3 Å². The lowest BCUT2D eigenvalue weighted by Gasteiger charge is -2.33. The van der Waals surface area contributed by atoms with Crippen LogP contribution in [0.4, 0.5) is 5.69 Å². The van der Waals surface area contributed by atoms with Crippen molar-refractivity contribution in [3.8, 4) is 0 Å². The highest BCUT2D eigenvalue weighted by Crippen LogP contribution is 2.25. The Bertz CT molecular complexity index is 968. The van der Waals surface area contributed by atoms with Crippen LogP contribution in [-0.2, 0) is 18.5 Å². The van der Waals surface area contributed by atoms with E-state index in [4.69, 9.17) is 0 Å². The van der Waals surface area contributed by atoms with Crippen molar-refractivity contribution in [3.05, 3.63) is 71.0 Å². The van der Waals surface area contributed by atoms with Crippen LogP contribution in [0.25, 0.3) is 0 Å². The molecule has 29 heavy (non-hydrogen) atoms. The first-order valence-corrected chi connectivity index (χ1v) is 10.3. The minimum atomic E-state index is -0.173. The van der Waals surface area contributed by atoms with E-state index in [1.54, 1.807) is 0 Å². The molecule has 0 fully saturated rings. The molecule has 0 aliphatic carbocycles. The van der Waals surface area contributed by atoms with Gasteiger partial charge in [-0.25, -0.2) is 4.68 Å². The smallest absolute Gasteiger partial charge is 0.214 e. The zero-order valence-corrected chi connectivity index (χ0v) is 18.1. The van der Waals surface area contributed by atoms with Crippen LogP contribution in [0.2, 0.25) is 0 Å². The number of hydrogen-bond donors (Lipinski definition) is 1. The third kappa shape index (κ3) is 3.90. The minimum Gasteiger partial charge on any atom is -0.378 e. The van der Waals surface area contributed by atoms with Crippen LogP contribution in [0, 0.1) is 0 Å². The third-order valence-corrected chi connectivity index (χ3v) is 5.79. The highest BCUT2D eigenvalue weighted by molar-refractivity contribution is 5.46. The van der Waals surface area contributed by atoms with Crippen LogP contribution in [0.3, 0.4) is 0 Å². The molecule has 4 rings (SSSR count). The summed E-state index contributed by atoms with van der Waals surface area (Å²) >= 11 is 0. The monoisotopic (exact) mass is 391 g/mol. The molecular weight excluding hydrogens is 360 g/mol. The van der Waals surface area contributed by atoms with E-state index in [9.17, 15) is 0 Å². The lowest BCUT2D eigenvalue weighted by Crippen LogP contribution is -3.12. The molecule has 0 spiro atoms.